The molecule has 0 radical (unpaired) electrons. The maximum atomic E-state index is 6.17. The second-order valence-corrected chi connectivity index (χ2v) is 3.75. The summed E-state index contributed by atoms with van der Waals surface area (Å²) in [5.74, 6) is 0.805. The van der Waals surface area contributed by atoms with Crippen LogP contribution in [0.25, 0.3) is 0 Å². The Labute approximate surface area is 94.4 Å². The molecular weight excluding hydrogens is 202 g/mol. The van der Waals surface area contributed by atoms with Gasteiger partial charge in [-0.1, -0.05) is 17.7 Å². The number of aromatic nitrogens is 2. The van der Waals surface area contributed by atoms with Crippen LogP contribution in [0, 0.1) is 6.92 Å². The molecule has 1 unspecified atom stereocenters. The normalized spacial score (nSPS) is 12.4. The first-order valence-corrected chi connectivity index (χ1v) is 5.11. The smallest absolute Gasteiger partial charge is 0.123 e. The van der Waals surface area contributed by atoms with Gasteiger partial charge in [0.25, 0.3) is 0 Å². The van der Waals surface area contributed by atoms with Crippen molar-refractivity contribution in [1.82, 2.24) is 10.2 Å². The Morgan fingerprint density at radius 2 is 2.25 bits per heavy atom. The van der Waals surface area contributed by atoms with Gasteiger partial charge in [-0.2, -0.15) is 5.10 Å². The number of methoxy groups -OCH3 is 1. The molecule has 84 valence electrons. The molecule has 0 saturated carbocycles. The van der Waals surface area contributed by atoms with E-state index in [0.717, 1.165) is 22.4 Å². The SMILES string of the molecule is COc1ccc(C)cc1C(N)c1cn[nH]c1. The van der Waals surface area contributed by atoms with Crippen molar-refractivity contribution in [3.8, 4) is 5.75 Å². The molecule has 16 heavy (non-hydrogen) atoms. The first-order chi connectivity index (χ1) is 7.72. The van der Waals surface area contributed by atoms with Crippen molar-refractivity contribution in [2.45, 2.75) is 13.0 Å². The molecule has 0 aliphatic rings. The van der Waals surface area contributed by atoms with Crippen LogP contribution >= 0.6 is 0 Å². The van der Waals surface area contributed by atoms with Crippen LogP contribution in [0.15, 0.2) is 30.6 Å². The van der Waals surface area contributed by atoms with E-state index >= 15 is 0 Å². The van der Waals surface area contributed by atoms with E-state index in [1.165, 1.54) is 0 Å². The van der Waals surface area contributed by atoms with E-state index in [4.69, 9.17) is 10.5 Å². The summed E-state index contributed by atoms with van der Waals surface area (Å²) < 4.78 is 5.31. The van der Waals surface area contributed by atoms with Crippen LogP contribution in [0.5, 0.6) is 5.75 Å². The molecule has 2 rings (SSSR count). The number of hydrogen-bond acceptors (Lipinski definition) is 3. The zero-order valence-corrected chi connectivity index (χ0v) is 9.40. The van der Waals surface area contributed by atoms with E-state index in [2.05, 4.69) is 10.2 Å². The molecule has 4 heteroatoms. The molecular formula is C12H15N3O. The number of nitrogens with two attached hydrogens (primary N) is 1. The van der Waals surface area contributed by atoms with Crippen molar-refractivity contribution in [2.75, 3.05) is 7.11 Å². The Bertz CT molecular complexity index is 465. The van der Waals surface area contributed by atoms with Crippen molar-refractivity contribution >= 4 is 0 Å². The lowest BCUT2D eigenvalue weighted by atomic mass is 9.99. The van der Waals surface area contributed by atoms with E-state index in [9.17, 15) is 0 Å². The zero-order valence-electron chi connectivity index (χ0n) is 9.40. The monoisotopic (exact) mass is 217 g/mol. The number of H-pyrrole nitrogens is 1. The third kappa shape index (κ3) is 1.92. The molecule has 1 aromatic carbocycles. The predicted octanol–water partition coefficient (Wildman–Crippen LogP) is 1.77. The summed E-state index contributed by atoms with van der Waals surface area (Å²) >= 11 is 0. The lowest BCUT2D eigenvalue weighted by Gasteiger charge is -2.15. The van der Waals surface area contributed by atoms with Gasteiger partial charge in [-0.3, -0.25) is 5.10 Å². The molecule has 0 fully saturated rings. The standard InChI is InChI=1S/C12H15N3O/c1-8-3-4-11(16-2)10(5-8)12(13)9-6-14-15-7-9/h3-7,12H,13H2,1-2H3,(H,14,15). The van der Waals surface area contributed by atoms with E-state index in [1.807, 2.05) is 25.1 Å². The molecule has 1 heterocycles. The number of aromatic amines is 1. The molecule has 0 aliphatic heterocycles. The fourth-order valence-electron chi connectivity index (χ4n) is 1.71. The second-order valence-electron chi connectivity index (χ2n) is 3.75. The van der Waals surface area contributed by atoms with E-state index in [0.29, 0.717) is 0 Å². The molecule has 0 bridgehead atoms. The molecule has 0 amide bonds. The van der Waals surface area contributed by atoms with Gasteiger partial charge in [0.1, 0.15) is 5.75 Å². The zero-order chi connectivity index (χ0) is 11.5. The van der Waals surface area contributed by atoms with E-state index < -0.39 is 0 Å². The van der Waals surface area contributed by atoms with Crippen LogP contribution in [-0.4, -0.2) is 17.3 Å². The van der Waals surface area contributed by atoms with Gasteiger partial charge in [-0.15, -0.1) is 0 Å². The Morgan fingerprint density at radius 3 is 2.88 bits per heavy atom. The fraction of sp³-hybridized carbons (Fsp3) is 0.250. The molecule has 0 aliphatic carbocycles. The Hall–Kier alpha value is -1.81. The maximum Gasteiger partial charge on any atom is 0.123 e. The first kappa shape index (κ1) is 10.7. The van der Waals surface area contributed by atoms with Crippen molar-refractivity contribution in [3.05, 3.63) is 47.3 Å². The summed E-state index contributed by atoms with van der Waals surface area (Å²) in [6, 6.07) is 5.76. The molecule has 2 aromatic rings. The number of hydrogen-bond donors (Lipinski definition) is 2. The first-order valence-electron chi connectivity index (χ1n) is 5.11. The summed E-state index contributed by atoms with van der Waals surface area (Å²) in [6.07, 6.45) is 3.53. The average Bonchev–Trinajstić information content (AvgIpc) is 2.81. The summed E-state index contributed by atoms with van der Waals surface area (Å²) in [6.45, 7) is 2.03. The molecule has 3 N–H and O–H groups in total. The quantitative estimate of drug-likeness (QED) is 0.823. The van der Waals surface area contributed by atoms with Crippen LogP contribution in [-0.2, 0) is 0 Å². The summed E-state index contributed by atoms with van der Waals surface area (Å²) in [5, 5.41) is 6.66. The van der Waals surface area contributed by atoms with Gasteiger partial charge in [0, 0.05) is 17.3 Å². The number of rotatable bonds is 3. The van der Waals surface area contributed by atoms with Crippen molar-refractivity contribution in [3.63, 3.8) is 0 Å². The average molecular weight is 217 g/mol. The van der Waals surface area contributed by atoms with Crippen LogP contribution in [0.3, 0.4) is 0 Å². The minimum Gasteiger partial charge on any atom is -0.496 e. The molecule has 4 nitrogen and oxygen atoms in total. The summed E-state index contributed by atoms with van der Waals surface area (Å²) in [5.41, 5.74) is 9.25. The fourth-order valence-corrected chi connectivity index (χ4v) is 1.71. The molecule has 0 spiro atoms. The molecule has 1 aromatic heterocycles. The predicted molar refractivity (Wildman–Crippen MR) is 62.3 cm³/mol. The minimum atomic E-state index is -0.214. The second kappa shape index (κ2) is 4.37. The number of nitrogens with one attached hydrogen (secondary N) is 1. The molecule has 0 saturated heterocycles. The highest BCUT2D eigenvalue weighted by molar-refractivity contribution is 5.42. The van der Waals surface area contributed by atoms with Gasteiger partial charge in [0.2, 0.25) is 0 Å². The van der Waals surface area contributed by atoms with Gasteiger partial charge in [0.15, 0.2) is 0 Å². The highest BCUT2D eigenvalue weighted by Crippen LogP contribution is 2.28. The Balaban J connectivity index is 2.42. The van der Waals surface area contributed by atoms with E-state index in [-0.39, 0.29) is 6.04 Å². The largest absolute Gasteiger partial charge is 0.496 e. The van der Waals surface area contributed by atoms with Gasteiger partial charge in [0.05, 0.1) is 19.3 Å². The van der Waals surface area contributed by atoms with Gasteiger partial charge in [-0.25, -0.2) is 0 Å². The molecule has 1 atom stereocenters. The highest BCUT2D eigenvalue weighted by Gasteiger charge is 2.14. The summed E-state index contributed by atoms with van der Waals surface area (Å²) in [7, 11) is 1.65. The third-order valence-corrected chi connectivity index (χ3v) is 2.60. The lowest BCUT2D eigenvalue weighted by molar-refractivity contribution is 0.407. The van der Waals surface area contributed by atoms with E-state index in [1.54, 1.807) is 19.5 Å². The van der Waals surface area contributed by atoms with Crippen molar-refractivity contribution in [2.24, 2.45) is 5.73 Å². The topological polar surface area (TPSA) is 63.9 Å². The lowest BCUT2D eigenvalue weighted by Crippen LogP contribution is -2.12. The van der Waals surface area contributed by atoms with Crippen molar-refractivity contribution < 1.29 is 4.74 Å². The summed E-state index contributed by atoms with van der Waals surface area (Å²) in [4.78, 5) is 0. The van der Waals surface area contributed by atoms with Crippen LogP contribution in [0.2, 0.25) is 0 Å². The van der Waals surface area contributed by atoms with Gasteiger partial charge in [-0.05, 0) is 13.0 Å². The van der Waals surface area contributed by atoms with Crippen LogP contribution < -0.4 is 10.5 Å². The van der Waals surface area contributed by atoms with Crippen LogP contribution in [0.1, 0.15) is 22.7 Å². The van der Waals surface area contributed by atoms with Crippen LogP contribution in [0.4, 0.5) is 0 Å². The van der Waals surface area contributed by atoms with Crippen molar-refractivity contribution in [1.29, 1.82) is 0 Å². The highest BCUT2D eigenvalue weighted by atomic mass is 16.5. The Morgan fingerprint density at radius 1 is 1.44 bits per heavy atom. The number of aryl methyl sites for hydroxylation is 1. The minimum absolute atomic E-state index is 0.214. The maximum absolute atomic E-state index is 6.17. The number of nitrogens with zero attached hydrogens (tertiary/aromatic N) is 1. The van der Waals surface area contributed by atoms with Gasteiger partial charge < -0.3 is 10.5 Å². The number of benzene rings is 1. The third-order valence-electron chi connectivity index (χ3n) is 2.60. The van der Waals surface area contributed by atoms with Gasteiger partial charge >= 0.3 is 0 Å². The Kier molecular flexibility index (Phi) is 2.92. The number of ether oxygens (including phenoxy) is 1.